The van der Waals surface area contributed by atoms with Crippen molar-refractivity contribution in [3.05, 3.63) is 103 Å². The van der Waals surface area contributed by atoms with Crippen LogP contribution < -0.4 is 0 Å². The second-order valence-electron chi connectivity index (χ2n) is 5.98. The lowest BCUT2D eigenvalue weighted by Gasteiger charge is -2.04. The van der Waals surface area contributed by atoms with E-state index in [-0.39, 0.29) is 0 Å². The van der Waals surface area contributed by atoms with Crippen molar-refractivity contribution >= 4 is 31.5 Å². The van der Waals surface area contributed by atoms with Crippen LogP contribution in [-0.2, 0) is 0 Å². The number of phenols is 1. The minimum atomic E-state index is 0.322. The smallest absolute Gasteiger partial charge is 0.115 e. The van der Waals surface area contributed by atoms with E-state index in [0.29, 0.717) is 5.75 Å². The van der Waals surface area contributed by atoms with Gasteiger partial charge in [0.25, 0.3) is 0 Å². The number of fused-ring (bicyclic) bond motifs is 3. The predicted molar refractivity (Wildman–Crippen MR) is 113 cm³/mol. The van der Waals surface area contributed by atoms with Gasteiger partial charge in [0.1, 0.15) is 5.75 Å². The summed E-state index contributed by atoms with van der Waals surface area (Å²) < 4.78 is 2.73. The van der Waals surface area contributed by atoms with Crippen molar-refractivity contribution in [1.29, 1.82) is 0 Å². The van der Waals surface area contributed by atoms with Crippen LogP contribution in [0.4, 0.5) is 0 Å². The maximum atomic E-state index is 8.63. The predicted octanol–water partition coefficient (Wildman–Crippen LogP) is 7.11. The normalized spacial score (nSPS) is 10.5. The standard InChI is InChI=1S/C18H12S.C6H6O/c1-2-7-13(8-3-1)14-10-6-12-17-18(14)15-9-4-5-11-16(15)19-17;7-6-4-2-1-3-5-6/h1-12H;1-5,7H. The minimum Gasteiger partial charge on any atom is -0.508 e. The lowest BCUT2D eigenvalue weighted by molar-refractivity contribution is 0.475. The van der Waals surface area contributed by atoms with Crippen molar-refractivity contribution in [3.8, 4) is 16.9 Å². The molecule has 2 heteroatoms. The lowest BCUT2D eigenvalue weighted by atomic mass is 10.00. The third kappa shape index (κ3) is 3.32. The minimum absolute atomic E-state index is 0.322. The van der Waals surface area contributed by atoms with Crippen LogP contribution in [0.1, 0.15) is 0 Å². The van der Waals surface area contributed by atoms with Crippen molar-refractivity contribution in [2.75, 3.05) is 0 Å². The molecule has 1 heterocycles. The molecule has 0 radical (unpaired) electrons. The first-order valence-electron chi connectivity index (χ1n) is 8.52. The summed E-state index contributed by atoms with van der Waals surface area (Å²) in [5, 5.41) is 11.4. The maximum absolute atomic E-state index is 8.63. The van der Waals surface area contributed by atoms with E-state index in [1.807, 2.05) is 17.4 Å². The Kier molecular flexibility index (Phi) is 4.67. The number of phenolic OH excluding ortho intramolecular Hbond substituents is 1. The summed E-state index contributed by atoms with van der Waals surface area (Å²) in [5.74, 6) is 0.322. The van der Waals surface area contributed by atoms with Gasteiger partial charge in [-0.3, -0.25) is 0 Å². The van der Waals surface area contributed by atoms with E-state index < -0.39 is 0 Å². The highest BCUT2D eigenvalue weighted by atomic mass is 32.1. The molecule has 126 valence electrons. The van der Waals surface area contributed by atoms with Crippen molar-refractivity contribution in [2.45, 2.75) is 0 Å². The van der Waals surface area contributed by atoms with Crippen molar-refractivity contribution in [3.63, 3.8) is 0 Å². The highest BCUT2D eigenvalue weighted by molar-refractivity contribution is 7.25. The second-order valence-corrected chi connectivity index (χ2v) is 7.06. The van der Waals surface area contributed by atoms with E-state index in [0.717, 1.165) is 0 Å². The highest BCUT2D eigenvalue weighted by Gasteiger charge is 2.09. The van der Waals surface area contributed by atoms with Gasteiger partial charge in [0.2, 0.25) is 0 Å². The maximum Gasteiger partial charge on any atom is 0.115 e. The molecule has 5 aromatic rings. The van der Waals surface area contributed by atoms with Gasteiger partial charge in [-0.15, -0.1) is 11.3 Å². The summed E-state index contributed by atoms with van der Waals surface area (Å²) in [6.45, 7) is 0. The molecule has 0 fully saturated rings. The Morgan fingerprint density at radius 1 is 0.538 bits per heavy atom. The quantitative estimate of drug-likeness (QED) is 0.340. The van der Waals surface area contributed by atoms with Crippen LogP contribution in [-0.4, -0.2) is 5.11 Å². The Morgan fingerprint density at radius 3 is 1.85 bits per heavy atom. The topological polar surface area (TPSA) is 20.2 Å². The van der Waals surface area contributed by atoms with E-state index in [1.54, 1.807) is 24.3 Å². The number of hydrogen-bond donors (Lipinski definition) is 1. The number of rotatable bonds is 1. The van der Waals surface area contributed by atoms with Crippen LogP contribution in [0.2, 0.25) is 0 Å². The van der Waals surface area contributed by atoms with Gasteiger partial charge in [0.15, 0.2) is 0 Å². The average molecular weight is 354 g/mol. The largest absolute Gasteiger partial charge is 0.508 e. The number of hydrogen-bond acceptors (Lipinski definition) is 2. The Balaban J connectivity index is 0.000000204. The first-order valence-corrected chi connectivity index (χ1v) is 9.34. The first kappa shape index (κ1) is 16.4. The molecular weight excluding hydrogens is 336 g/mol. The molecule has 0 atom stereocenters. The van der Waals surface area contributed by atoms with Gasteiger partial charge in [-0.05, 0) is 35.4 Å². The number of aromatic hydroxyl groups is 1. The molecule has 1 aromatic heterocycles. The molecule has 1 N–H and O–H groups in total. The number of benzene rings is 4. The number of thiophene rings is 1. The fourth-order valence-electron chi connectivity index (χ4n) is 3.06. The summed E-state index contributed by atoms with van der Waals surface area (Å²) in [5.41, 5.74) is 2.62. The average Bonchev–Trinajstić information content (AvgIpc) is 3.08. The van der Waals surface area contributed by atoms with Gasteiger partial charge in [-0.25, -0.2) is 0 Å². The van der Waals surface area contributed by atoms with E-state index in [9.17, 15) is 0 Å². The summed E-state index contributed by atoms with van der Waals surface area (Å²) in [4.78, 5) is 0. The van der Waals surface area contributed by atoms with Crippen molar-refractivity contribution in [2.24, 2.45) is 0 Å². The third-order valence-corrected chi connectivity index (χ3v) is 5.38. The van der Waals surface area contributed by atoms with E-state index in [2.05, 4.69) is 72.8 Å². The second kappa shape index (κ2) is 7.42. The van der Waals surface area contributed by atoms with Crippen LogP contribution in [0.15, 0.2) is 103 Å². The van der Waals surface area contributed by atoms with Crippen LogP contribution in [0.25, 0.3) is 31.3 Å². The molecule has 0 unspecified atom stereocenters. The molecule has 0 bridgehead atoms. The highest BCUT2D eigenvalue weighted by Crippen LogP contribution is 2.39. The van der Waals surface area contributed by atoms with Crippen LogP contribution in [0, 0.1) is 0 Å². The molecule has 0 saturated carbocycles. The zero-order chi connectivity index (χ0) is 17.8. The fourth-order valence-corrected chi connectivity index (χ4v) is 4.19. The van der Waals surface area contributed by atoms with Gasteiger partial charge in [0.05, 0.1) is 0 Å². The SMILES string of the molecule is Oc1ccccc1.c1ccc(-c2cccc3sc4ccccc4c23)cc1. The third-order valence-electron chi connectivity index (χ3n) is 4.24. The molecule has 5 rings (SSSR count). The molecule has 26 heavy (non-hydrogen) atoms. The van der Waals surface area contributed by atoms with Crippen LogP contribution in [0.5, 0.6) is 5.75 Å². The molecule has 0 aliphatic rings. The van der Waals surface area contributed by atoms with E-state index >= 15 is 0 Å². The van der Waals surface area contributed by atoms with Crippen LogP contribution in [0.3, 0.4) is 0 Å². The summed E-state index contributed by atoms with van der Waals surface area (Å²) in [6, 6.07) is 34.6. The Hall–Kier alpha value is -3.10. The van der Waals surface area contributed by atoms with Gasteiger partial charge in [-0.2, -0.15) is 0 Å². The molecule has 4 aromatic carbocycles. The molecular formula is C24H18OS. The molecule has 0 saturated heterocycles. The molecule has 0 aliphatic heterocycles. The van der Waals surface area contributed by atoms with E-state index in [4.69, 9.17) is 5.11 Å². The molecule has 0 spiro atoms. The van der Waals surface area contributed by atoms with E-state index in [1.165, 1.54) is 31.3 Å². The fraction of sp³-hybridized carbons (Fsp3) is 0. The first-order chi connectivity index (χ1) is 12.8. The summed E-state index contributed by atoms with van der Waals surface area (Å²) in [7, 11) is 0. The van der Waals surface area contributed by atoms with Gasteiger partial charge < -0.3 is 5.11 Å². The van der Waals surface area contributed by atoms with Gasteiger partial charge >= 0.3 is 0 Å². The monoisotopic (exact) mass is 354 g/mol. The zero-order valence-corrected chi connectivity index (χ0v) is 15.0. The molecule has 0 aliphatic carbocycles. The lowest BCUT2D eigenvalue weighted by Crippen LogP contribution is -1.78. The molecule has 1 nitrogen and oxygen atoms in total. The van der Waals surface area contributed by atoms with Crippen molar-refractivity contribution < 1.29 is 5.11 Å². The molecule has 0 amide bonds. The Morgan fingerprint density at radius 2 is 1.15 bits per heavy atom. The summed E-state index contributed by atoms with van der Waals surface area (Å²) >= 11 is 1.87. The zero-order valence-electron chi connectivity index (χ0n) is 14.2. The van der Waals surface area contributed by atoms with Crippen molar-refractivity contribution in [1.82, 2.24) is 0 Å². The number of para-hydroxylation sites is 1. The van der Waals surface area contributed by atoms with Crippen LogP contribution >= 0.6 is 11.3 Å². The summed E-state index contributed by atoms with van der Waals surface area (Å²) in [6.07, 6.45) is 0. The Labute approximate surface area is 156 Å². The Bertz CT molecular complexity index is 1130. The van der Waals surface area contributed by atoms with Gasteiger partial charge in [-0.1, -0.05) is 78.9 Å². The van der Waals surface area contributed by atoms with Gasteiger partial charge in [0, 0.05) is 20.2 Å².